The second-order valence-corrected chi connectivity index (χ2v) is 3.68. The first-order valence-corrected chi connectivity index (χ1v) is 4.88. The van der Waals surface area contributed by atoms with Gasteiger partial charge in [-0.05, 0) is 37.1 Å². The summed E-state index contributed by atoms with van der Waals surface area (Å²) in [5, 5.41) is 6.12. The standard InChI is InChI=1S/C11H14N2O/c1-8(14)12-9-2-4-10(5-3-9)13-11-6-7-11/h2-5,11,13H,6-7H2,1H3,(H,12,14). The Kier molecular flexibility index (Phi) is 2.39. The minimum absolute atomic E-state index is 0.0343. The number of hydrogen-bond donors (Lipinski definition) is 2. The predicted molar refractivity (Wildman–Crippen MR) is 57.4 cm³/mol. The van der Waals surface area contributed by atoms with E-state index in [0.29, 0.717) is 6.04 Å². The molecule has 0 aromatic heterocycles. The third-order valence-corrected chi connectivity index (χ3v) is 2.15. The summed E-state index contributed by atoms with van der Waals surface area (Å²) >= 11 is 0. The lowest BCUT2D eigenvalue weighted by Gasteiger charge is -2.06. The van der Waals surface area contributed by atoms with Crippen LogP contribution in [-0.4, -0.2) is 11.9 Å². The fraction of sp³-hybridized carbons (Fsp3) is 0.364. The average Bonchev–Trinajstić information content (AvgIpc) is 2.91. The molecular weight excluding hydrogens is 176 g/mol. The zero-order chi connectivity index (χ0) is 9.97. The normalized spacial score (nSPS) is 14.9. The topological polar surface area (TPSA) is 41.1 Å². The monoisotopic (exact) mass is 190 g/mol. The molecule has 3 nitrogen and oxygen atoms in total. The number of anilines is 2. The smallest absolute Gasteiger partial charge is 0.221 e. The largest absolute Gasteiger partial charge is 0.382 e. The second kappa shape index (κ2) is 3.70. The zero-order valence-electron chi connectivity index (χ0n) is 8.21. The lowest BCUT2D eigenvalue weighted by Crippen LogP contribution is -2.06. The van der Waals surface area contributed by atoms with Crippen LogP contribution in [0.4, 0.5) is 11.4 Å². The van der Waals surface area contributed by atoms with Crippen LogP contribution in [0.25, 0.3) is 0 Å². The molecule has 1 fully saturated rings. The number of carbonyl (C=O) groups excluding carboxylic acids is 1. The summed E-state index contributed by atoms with van der Waals surface area (Å²) in [5.41, 5.74) is 1.97. The first-order valence-electron chi connectivity index (χ1n) is 4.88. The molecule has 74 valence electrons. The van der Waals surface area contributed by atoms with Gasteiger partial charge in [0.2, 0.25) is 5.91 Å². The van der Waals surface area contributed by atoms with E-state index in [0.717, 1.165) is 11.4 Å². The summed E-state index contributed by atoms with van der Waals surface area (Å²) in [4.78, 5) is 10.8. The van der Waals surface area contributed by atoms with Gasteiger partial charge in [-0.25, -0.2) is 0 Å². The van der Waals surface area contributed by atoms with Gasteiger partial charge >= 0.3 is 0 Å². The van der Waals surface area contributed by atoms with Crippen molar-refractivity contribution in [2.24, 2.45) is 0 Å². The van der Waals surface area contributed by atoms with Crippen molar-refractivity contribution >= 4 is 17.3 Å². The van der Waals surface area contributed by atoms with Gasteiger partial charge in [0, 0.05) is 24.3 Å². The first kappa shape index (κ1) is 9.06. The highest BCUT2D eigenvalue weighted by atomic mass is 16.1. The van der Waals surface area contributed by atoms with Gasteiger partial charge in [0.15, 0.2) is 0 Å². The Labute approximate surface area is 83.5 Å². The van der Waals surface area contributed by atoms with Gasteiger partial charge in [0.1, 0.15) is 0 Å². The molecule has 1 aromatic rings. The quantitative estimate of drug-likeness (QED) is 0.767. The van der Waals surface area contributed by atoms with Gasteiger partial charge < -0.3 is 10.6 Å². The second-order valence-electron chi connectivity index (χ2n) is 3.68. The highest BCUT2D eigenvalue weighted by molar-refractivity contribution is 5.88. The molecular formula is C11H14N2O. The van der Waals surface area contributed by atoms with Crippen LogP contribution >= 0.6 is 0 Å². The first-order chi connectivity index (χ1) is 6.74. The SMILES string of the molecule is CC(=O)Nc1ccc(NC2CC2)cc1. The van der Waals surface area contributed by atoms with Crippen molar-refractivity contribution in [3.63, 3.8) is 0 Å². The third kappa shape index (κ3) is 2.49. The number of amides is 1. The maximum atomic E-state index is 10.8. The molecule has 1 aromatic carbocycles. The average molecular weight is 190 g/mol. The van der Waals surface area contributed by atoms with E-state index in [1.54, 1.807) is 0 Å². The molecule has 0 spiro atoms. The van der Waals surface area contributed by atoms with Gasteiger partial charge in [-0.15, -0.1) is 0 Å². The van der Waals surface area contributed by atoms with E-state index in [1.807, 2.05) is 24.3 Å². The van der Waals surface area contributed by atoms with Gasteiger partial charge in [-0.1, -0.05) is 0 Å². The summed E-state index contributed by atoms with van der Waals surface area (Å²) in [6.07, 6.45) is 2.54. The maximum Gasteiger partial charge on any atom is 0.221 e. The fourth-order valence-electron chi connectivity index (χ4n) is 1.32. The van der Waals surface area contributed by atoms with Crippen LogP contribution < -0.4 is 10.6 Å². The molecule has 2 N–H and O–H groups in total. The zero-order valence-corrected chi connectivity index (χ0v) is 8.21. The summed E-state index contributed by atoms with van der Waals surface area (Å²) < 4.78 is 0. The van der Waals surface area contributed by atoms with Crippen molar-refractivity contribution in [3.05, 3.63) is 24.3 Å². The van der Waals surface area contributed by atoms with E-state index in [2.05, 4.69) is 10.6 Å². The van der Waals surface area contributed by atoms with Crippen molar-refractivity contribution in [1.29, 1.82) is 0 Å². The molecule has 0 aliphatic heterocycles. The summed E-state index contributed by atoms with van der Waals surface area (Å²) in [6.45, 7) is 1.51. The summed E-state index contributed by atoms with van der Waals surface area (Å²) in [7, 11) is 0. The van der Waals surface area contributed by atoms with Crippen molar-refractivity contribution in [1.82, 2.24) is 0 Å². The van der Waals surface area contributed by atoms with Crippen molar-refractivity contribution in [3.8, 4) is 0 Å². The highest BCUT2D eigenvalue weighted by Crippen LogP contribution is 2.25. The van der Waals surface area contributed by atoms with Crippen LogP contribution in [-0.2, 0) is 4.79 Å². The molecule has 3 heteroatoms. The summed E-state index contributed by atoms with van der Waals surface area (Å²) in [6, 6.07) is 8.47. The molecule has 0 atom stereocenters. The lowest BCUT2D eigenvalue weighted by atomic mass is 10.2. The molecule has 1 amide bonds. The minimum Gasteiger partial charge on any atom is -0.382 e. The summed E-state index contributed by atoms with van der Waals surface area (Å²) in [5.74, 6) is -0.0343. The van der Waals surface area contributed by atoms with Crippen molar-refractivity contribution in [2.45, 2.75) is 25.8 Å². The number of hydrogen-bond acceptors (Lipinski definition) is 2. The van der Waals surface area contributed by atoms with Crippen LogP contribution in [0.3, 0.4) is 0 Å². The molecule has 1 aliphatic rings. The van der Waals surface area contributed by atoms with E-state index in [4.69, 9.17) is 0 Å². The van der Waals surface area contributed by atoms with Crippen LogP contribution in [0.5, 0.6) is 0 Å². The Morgan fingerprint density at radius 1 is 1.21 bits per heavy atom. The van der Waals surface area contributed by atoms with Gasteiger partial charge in [0.25, 0.3) is 0 Å². The Morgan fingerprint density at radius 3 is 2.29 bits per heavy atom. The number of carbonyl (C=O) groups is 1. The number of benzene rings is 1. The van der Waals surface area contributed by atoms with Gasteiger partial charge in [-0.2, -0.15) is 0 Å². The fourth-order valence-corrected chi connectivity index (χ4v) is 1.32. The minimum atomic E-state index is -0.0343. The highest BCUT2D eigenvalue weighted by Gasteiger charge is 2.20. The number of rotatable bonds is 3. The number of nitrogens with one attached hydrogen (secondary N) is 2. The molecule has 1 saturated carbocycles. The Hall–Kier alpha value is -1.51. The van der Waals surface area contributed by atoms with Crippen LogP contribution in [0.1, 0.15) is 19.8 Å². The van der Waals surface area contributed by atoms with Crippen molar-refractivity contribution < 1.29 is 4.79 Å². The van der Waals surface area contributed by atoms with Crippen LogP contribution in [0.2, 0.25) is 0 Å². The van der Waals surface area contributed by atoms with E-state index >= 15 is 0 Å². The molecule has 1 aliphatic carbocycles. The Balaban J connectivity index is 1.97. The van der Waals surface area contributed by atoms with E-state index < -0.39 is 0 Å². The van der Waals surface area contributed by atoms with E-state index in [9.17, 15) is 4.79 Å². The van der Waals surface area contributed by atoms with Crippen LogP contribution in [0, 0.1) is 0 Å². The Morgan fingerprint density at radius 2 is 1.79 bits per heavy atom. The molecule has 0 heterocycles. The molecule has 0 unspecified atom stereocenters. The maximum absolute atomic E-state index is 10.8. The van der Waals surface area contributed by atoms with Gasteiger partial charge in [-0.3, -0.25) is 4.79 Å². The molecule has 0 bridgehead atoms. The van der Waals surface area contributed by atoms with Gasteiger partial charge in [0.05, 0.1) is 0 Å². The predicted octanol–water partition coefficient (Wildman–Crippen LogP) is 2.22. The molecule has 0 saturated heterocycles. The van der Waals surface area contributed by atoms with E-state index in [-0.39, 0.29) is 5.91 Å². The molecule has 0 radical (unpaired) electrons. The van der Waals surface area contributed by atoms with Crippen molar-refractivity contribution in [2.75, 3.05) is 10.6 Å². The van der Waals surface area contributed by atoms with E-state index in [1.165, 1.54) is 19.8 Å². The lowest BCUT2D eigenvalue weighted by molar-refractivity contribution is -0.114. The molecule has 14 heavy (non-hydrogen) atoms. The van der Waals surface area contributed by atoms with Crippen LogP contribution in [0.15, 0.2) is 24.3 Å². The third-order valence-electron chi connectivity index (χ3n) is 2.15. The molecule has 2 rings (SSSR count). The Bertz CT molecular complexity index is 328.